The van der Waals surface area contributed by atoms with Gasteiger partial charge in [-0.3, -0.25) is 0 Å². The van der Waals surface area contributed by atoms with Gasteiger partial charge >= 0.3 is 6.09 Å². The molecule has 1 saturated heterocycles. The fourth-order valence-corrected chi connectivity index (χ4v) is 5.16. The van der Waals surface area contributed by atoms with E-state index in [9.17, 15) is 4.79 Å². The number of ether oxygens (including phenoxy) is 2. The van der Waals surface area contributed by atoms with Gasteiger partial charge in [-0.25, -0.2) is 33.6 Å². The monoisotopic (exact) mass is 584 g/mol. The zero-order valence-electron chi connectivity index (χ0n) is 24.5. The van der Waals surface area contributed by atoms with Crippen LogP contribution in [0.25, 0.3) is 16.7 Å². The Morgan fingerprint density at radius 1 is 1.05 bits per heavy atom. The fourth-order valence-electron chi connectivity index (χ4n) is 5.16. The largest absolute Gasteiger partial charge is 0.457 e. The van der Waals surface area contributed by atoms with Crippen LogP contribution in [0.15, 0.2) is 55.2 Å². The Bertz CT molecular complexity index is 1800. The van der Waals surface area contributed by atoms with Gasteiger partial charge in [0.15, 0.2) is 17.3 Å². The number of hydrogen-bond acceptors (Lipinski definition) is 9. The Morgan fingerprint density at radius 2 is 1.91 bits per heavy atom. The van der Waals surface area contributed by atoms with Crippen LogP contribution < -0.4 is 10.1 Å². The third-order valence-electron chi connectivity index (χ3n) is 7.37. The molecule has 0 bridgehead atoms. The molecule has 1 amide bonds. The Balaban J connectivity index is 1.21. The number of anilines is 2. The molecule has 1 aliphatic rings. The molecule has 4 aromatic heterocycles. The number of halogens is 1. The molecule has 0 saturated carbocycles. The first-order chi connectivity index (χ1) is 20.6. The zero-order valence-corrected chi connectivity index (χ0v) is 24.5. The van der Waals surface area contributed by atoms with E-state index in [4.69, 9.17) is 14.5 Å². The van der Waals surface area contributed by atoms with E-state index in [0.29, 0.717) is 52.7 Å². The van der Waals surface area contributed by atoms with Crippen LogP contribution in [0.1, 0.15) is 57.2 Å². The standard InChI is InChI=1S/C31H33FN8O3/c1-19-25(42-21-12-15-40-26(16-21)34-18-36-40)10-9-23(27(19)32)38-29-28-24(33-17-35-29)8-7-22(37-28)20-6-5-13-39(14-11-20)30(41)43-31(2,3)4/h7-10,12,15-18,20H,5-6,11,13-14H2,1-4H3,(H,33,35,38). The van der Waals surface area contributed by atoms with E-state index in [1.807, 2.05) is 32.9 Å². The van der Waals surface area contributed by atoms with Crippen molar-refractivity contribution in [3.63, 3.8) is 0 Å². The van der Waals surface area contributed by atoms with Crippen molar-refractivity contribution in [2.45, 2.75) is 58.5 Å². The number of aromatic nitrogens is 6. The first-order valence-electron chi connectivity index (χ1n) is 14.3. The molecule has 0 radical (unpaired) electrons. The zero-order chi connectivity index (χ0) is 30.1. The van der Waals surface area contributed by atoms with Crippen molar-refractivity contribution in [2.75, 3.05) is 18.4 Å². The maximum atomic E-state index is 15.6. The minimum Gasteiger partial charge on any atom is -0.457 e. The highest BCUT2D eigenvalue weighted by atomic mass is 19.1. The van der Waals surface area contributed by atoms with E-state index >= 15 is 4.39 Å². The van der Waals surface area contributed by atoms with Crippen molar-refractivity contribution < 1.29 is 18.7 Å². The lowest BCUT2D eigenvalue weighted by Crippen LogP contribution is -2.37. The van der Waals surface area contributed by atoms with Crippen molar-refractivity contribution in [3.8, 4) is 11.5 Å². The summed E-state index contributed by atoms with van der Waals surface area (Å²) in [5.74, 6) is 0.996. The van der Waals surface area contributed by atoms with E-state index in [1.54, 1.807) is 46.8 Å². The Hall–Kier alpha value is -4.87. The summed E-state index contributed by atoms with van der Waals surface area (Å²) in [4.78, 5) is 32.2. The Morgan fingerprint density at radius 3 is 2.74 bits per heavy atom. The maximum absolute atomic E-state index is 15.6. The molecule has 1 atom stereocenters. The summed E-state index contributed by atoms with van der Waals surface area (Å²) in [7, 11) is 0. The van der Waals surface area contributed by atoms with Crippen LogP contribution >= 0.6 is 0 Å². The molecule has 1 N–H and O–H groups in total. The van der Waals surface area contributed by atoms with Gasteiger partial charge in [0.1, 0.15) is 35.3 Å². The summed E-state index contributed by atoms with van der Waals surface area (Å²) < 4.78 is 28.8. The lowest BCUT2D eigenvalue weighted by molar-refractivity contribution is 0.0256. The number of pyridine rings is 2. The van der Waals surface area contributed by atoms with Gasteiger partial charge in [0, 0.05) is 42.5 Å². The maximum Gasteiger partial charge on any atom is 0.410 e. The summed E-state index contributed by atoms with van der Waals surface area (Å²) in [6.07, 6.45) is 6.80. The van der Waals surface area contributed by atoms with E-state index in [1.165, 1.54) is 12.7 Å². The van der Waals surface area contributed by atoms with Gasteiger partial charge < -0.3 is 19.7 Å². The van der Waals surface area contributed by atoms with Gasteiger partial charge in [0.2, 0.25) is 0 Å². The molecule has 5 heterocycles. The second kappa shape index (κ2) is 11.4. The van der Waals surface area contributed by atoms with Crippen LogP contribution in [0.5, 0.6) is 11.5 Å². The van der Waals surface area contributed by atoms with Crippen molar-refractivity contribution in [1.29, 1.82) is 0 Å². The fraction of sp³-hybridized carbons (Fsp3) is 0.355. The van der Waals surface area contributed by atoms with Gasteiger partial charge in [0.25, 0.3) is 0 Å². The predicted octanol–water partition coefficient (Wildman–Crippen LogP) is 6.56. The van der Waals surface area contributed by atoms with Crippen LogP contribution in [0.2, 0.25) is 0 Å². The normalized spacial score (nSPS) is 15.8. The second-order valence-electron chi connectivity index (χ2n) is 11.6. The minimum absolute atomic E-state index is 0.150. The highest BCUT2D eigenvalue weighted by Crippen LogP contribution is 2.34. The average Bonchev–Trinajstić information content (AvgIpc) is 3.30. The summed E-state index contributed by atoms with van der Waals surface area (Å²) >= 11 is 0. The molecule has 6 rings (SSSR count). The van der Waals surface area contributed by atoms with Gasteiger partial charge in [-0.1, -0.05) is 0 Å². The SMILES string of the molecule is Cc1c(Oc2ccn3ncnc3c2)ccc(Nc2ncnc3ccc(C4CCCN(C(=O)OC(C)(C)C)CC4)nc23)c1F. The minimum atomic E-state index is -0.537. The average molecular weight is 585 g/mol. The lowest BCUT2D eigenvalue weighted by Gasteiger charge is -2.26. The lowest BCUT2D eigenvalue weighted by atomic mass is 9.96. The molecule has 43 heavy (non-hydrogen) atoms. The highest BCUT2D eigenvalue weighted by Gasteiger charge is 2.26. The summed E-state index contributed by atoms with van der Waals surface area (Å²) in [6.45, 7) is 8.50. The number of rotatable bonds is 5. The molecule has 1 aromatic carbocycles. The predicted molar refractivity (Wildman–Crippen MR) is 159 cm³/mol. The Labute approximate surface area is 248 Å². The van der Waals surface area contributed by atoms with Gasteiger partial charge in [-0.2, -0.15) is 5.10 Å². The van der Waals surface area contributed by atoms with Gasteiger partial charge in [0.05, 0.1) is 11.2 Å². The molecule has 1 unspecified atom stereocenters. The number of nitrogens with one attached hydrogen (secondary N) is 1. The summed E-state index contributed by atoms with van der Waals surface area (Å²) in [6, 6.07) is 10.7. The number of likely N-dealkylation sites (tertiary alicyclic amines) is 1. The van der Waals surface area contributed by atoms with Crippen LogP contribution in [-0.2, 0) is 4.74 Å². The first-order valence-corrected chi connectivity index (χ1v) is 14.3. The van der Waals surface area contributed by atoms with E-state index < -0.39 is 11.4 Å². The Kier molecular flexibility index (Phi) is 7.51. The van der Waals surface area contributed by atoms with Gasteiger partial charge in [-0.15, -0.1) is 0 Å². The van der Waals surface area contributed by atoms with Crippen molar-refractivity contribution in [2.24, 2.45) is 0 Å². The molecule has 0 spiro atoms. The number of nitrogens with zero attached hydrogens (tertiary/aromatic N) is 7. The van der Waals surface area contributed by atoms with E-state index in [2.05, 4.69) is 25.4 Å². The third-order valence-corrected chi connectivity index (χ3v) is 7.37. The van der Waals surface area contributed by atoms with Crippen LogP contribution in [-0.4, -0.2) is 59.2 Å². The first kappa shape index (κ1) is 28.3. The molecule has 1 aliphatic heterocycles. The summed E-state index contributed by atoms with van der Waals surface area (Å²) in [5, 5.41) is 7.19. The molecule has 0 aliphatic carbocycles. The topological polar surface area (TPSA) is 120 Å². The molecule has 12 heteroatoms. The van der Waals surface area contributed by atoms with Gasteiger partial charge in [-0.05, 0) is 77.3 Å². The van der Waals surface area contributed by atoms with Crippen molar-refractivity contribution >= 4 is 34.3 Å². The second-order valence-corrected chi connectivity index (χ2v) is 11.6. The summed E-state index contributed by atoms with van der Waals surface area (Å²) in [5.41, 5.74) is 2.75. The third kappa shape index (κ3) is 6.18. The van der Waals surface area contributed by atoms with Crippen molar-refractivity contribution in [3.05, 3.63) is 72.3 Å². The number of carbonyl (C=O) groups excluding carboxylic acids is 1. The van der Waals surface area contributed by atoms with Crippen LogP contribution in [0.4, 0.5) is 20.7 Å². The highest BCUT2D eigenvalue weighted by molar-refractivity contribution is 5.87. The molecule has 222 valence electrons. The van der Waals surface area contributed by atoms with Crippen molar-refractivity contribution in [1.82, 2.24) is 34.4 Å². The molecule has 5 aromatic rings. The molecular weight excluding hydrogens is 551 g/mol. The smallest absolute Gasteiger partial charge is 0.410 e. The molecule has 11 nitrogen and oxygen atoms in total. The number of hydrogen-bond donors (Lipinski definition) is 1. The van der Waals surface area contributed by atoms with Crippen LogP contribution in [0, 0.1) is 12.7 Å². The quantitative estimate of drug-likeness (QED) is 0.245. The number of amides is 1. The van der Waals surface area contributed by atoms with Crippen LogP contribution in [0.3, 0.4) is 0 Å². The molecular formula is C31H33FN8O3. The molecule has 1 fully saturated rings. The van der Waals surface area contributed by atoms with E-state index in [-0.39, 0.29) is 17.7 Å². The van der Waals surface area contributed by atoms with E-state index in [0.717, 1.165) is 25.0 Å². The number of carbonyl (C=O) groups is 1. The number of fused-ring (bicyclic) bond motifs is 2. The number of benzene rings is 1.